The van der Waals surface area contributed by atoms with Crippen molar-refractivity contribution >= 4 is 0 Å². The maximum atomic E-state index is 9.91. The summed E-state index contributed by atoms with van der Waals surface area (Å²) in [6.07, 6.45) is 0.595. The average Bonchev–Trinajstić information content (AvgIpc) is 2.45. The Morgan fingerprint density at radius 2 is 1.85 bits per heavy atom. The van der Waals surface area contributed by atoms with Gasteiger partial charge in [-0.25, -0.2) is 0 Å². The summed E-state index contributed by atoms with van der Waals surface area (Å²) in [6.45, 7) is 2.35. The van der Waals surface area contributed by atoms with Gasteiger partial charge in [0.2, 0.25) is 0 Å². The zero-order chi connectivity index (χ0) is 14.6. The van der Waals surface area contributed by atoms with Crippen molar-refractivity contribution in [1.82, 2.24) is 0 Å². The van der Waals surface area contributed by atoms with Crippen molar-refractivity contribution in [2.75, 3.05) is 13.2 Å². The van der Waals surface area contributed by atoms with Crippen LogP contribution in [0.4, 0.5) is 0 Å². The molecule has 0 bridgehead atoms. The van der Waals surface area contributed by atoms with Gasteiger partial charge >= 0.3 is 0 Å². The van der Waals surface area contributed by atoms with E-state index in [9.17, 15) is 10.2 Å². The normalized spacial score (nSPS) is 13.9. The summed E-state index contributed by atoms with van der Waals surface area (Å²) in [5.74, 6) is 0.232. The van der Waals surface area contributed by atoms with Crippen LogP contribution in [0.3, 0.4) is 0 Å². The van der Waals surface area contributed by atoms with Crippen LogP contribution in [0.2, 0.25) is 0 Å². The molecule has 0 aromatic heterocycles. The first kappa shape index (κ1) is 14.6. The lowest BCUT2D eigenvalue weighted by atomic mass is 9.76. The lowest BCUT2D eigenvalue weighted by Crippen LogP contribution is -2.41. The summed E-state index contributed by atoms with van der Waals surface area (Å²) in [5, 5.41) is 19.5. The summed E-state index contributed by atoms with van der Waals surface area (Å²) in [4.78, 5) is 0. The first-order chi connectivity index (χ1) is 9.59. The number of aromatic hydroxyl groups is 1. The fourth-order valence-electron chi connectivity index (χ4n) is 2.54. The second-order valence-corrected chi connectivity index (χ2v) is 5.36. The van der Waals surface area contributed by atoms with Crippen LogP contribution in [0.15, 0.2) is 48.5 Å². The van der Waals surface area contributed by atoms with Crippen LogP contribution in [0.5, 0.6) is 5.75 Å². The second kappa shape index (κ2) is 6.07. The number of hydrogen-bond acceptors (Lipinski definition) is 3. The molecule has 1 atom stereocenters. The highest BCUT2D eigenvalue weighted by Crippen LogP contribution is 2.29. The Hall–Kier alpha value is -1.84. The summed E-state index contributed by atoms with van der Waals surface area (Å²) >= 11 is 0. The van der Waals surface area contributed by atoms with Crippen LogP contribution in [-0.4, -0.2) is 23.4 Å². The van der Waals surface area contributed by atoms with Crippen molar-refractivity contribution in [3.8, 4) is 5.75 Å². The van der Waals surface area contributed by atoms with Gasteiger partial charge in [-0.1, -0.05) is 42.0 Å². The van der Waals surface area contributed by atoms with Gasteiger partial charge in [-0.3, -0.25) is 0 Å². The first-order valence-corrected chi connectivity index (χ1v) is 6.76. The molecular weight excluding hydrogens is 250 g/mol. The van der Waals surface area contributed by atoms with Crippen LogP contribution >= 0.6 is 0 Å². The molecule has 3 nitrogen and oxygen atoms in total. The van der Waals surface area contributed by atoms with Gasteiger partial charge in [-0.15, -0.1) is 0 Å². The smallest absolute Gasteiger partial charge is 0.115 e. The number of aryl methyl sites for hydroxylation is 1. The number of benzene rings is 2. The van der Waals surface area contributed by atoms with Gasteiger partial charge in [-0.2, -0.15) is 0 Å². The Bertz CT molecular complexity index is 577. The van der Waals surface area contributed by atoms with Crippen LogP contribution in [-0.2, 0) is 11.8 Å². The molecule has 2 aromatic rings. The third-order valence-electron chi connectivity index (χ3n) is 3.78. The first-order valence-electron chi connectivity index (χ1n) is 6.76. The number of aliphatic hydroxyl groups excluding tert-OH is 1. The predicted octanol–water partition coefficient (Wildman–Crippen LogP) is 2.13. The Labute approximate surface area is 119 Å². The molecule has 2 rings (SSSR count). The molecule has 0 aliphatic carbocycles. The topological polar surface area (TPSA) is 66.5 Å². The zero-order valence-corrected chi connectivity index (χ0v) is 11.7. The monoisotopic (exact) mass is 271 g/mol. The van der Waals surface area contributed by atoms with Crippen molar-refractivity contribution in [1.29, 1.82) is 0 Å². The minimum atomic E-state index is -0.514. The summed E-state index contributed by atoms with van der Waals surface area (Å²) in [5.41, 5.74) is 8.59. The standard InChI is InChI=1S/C17H21NO2/c1-13-4-2-6-15(8-13)17(11-18,12-19)10-14-5-3-7-16(20)9-14/h2-9,19-20H,10-12,18H2,1H3. The number of hydrogen-bond donors (Lipinski definition) is 3. The fraction of sp³-hybridized carbons (Fsp3) is 0.294. The molecule has 0 heterocycles. The van der Waals surface area contributed by atoms with Gasteiger partial charge in [0.05, 0.1) is 6.61 Å². The Morgan fingerprint density at radius 3 is 2.45 bits per heavy atom. The lowest BCUT2D eigenvalue weighted by Gasteiger charge is -2.31. The van der Waals surface area contributed by atoms with E-state index in [-0.39, 0.29) is 12.4 Å². The molecule has 0 saturated carbocycles. The van der Waals surface area contributed by atoms with Crippen LogP contribution < -0.4 is 5.73 Å². The van der Waals surface area contributed by atoms with E-state index in [1.807, 2.05) is 31.2 Å². The van der Waals surface area contributed by atoms with E-state index in [1.165, 1.54) is 0 Å². The Balaban J connectivity index is 2.39. The van der Waals surface area contributed by atoms with E-state index in [0.717, 1.165) is 16.7 Å². The molecule has 20 heavy (non-hydrogen) atoms. The molecule has 0 fully saturated rings. The molecule has 0 aliphatic rings. The predicted molar refractivity (Wildman–Crippen MR) is 80.8 cm³/mol. The SMILES string of the molecule is Cc1cccc(C(CN)(CO)Cc2cccc(O)c2)c1. The quantitative estimate of drug-likeness (QED) is 0.780. The van der Waals surface area contributed by atoms with Gasteiger partial charge in [0, 0.05) is 12.0 Å². The van der Waals surface area contributed by atoms with E-state index < -0.39 is 5.41 Å². The van der Waals surface area contributed by atoms with E-state index in [0.29, 0.717) is 13.0 Å². The van der Waals surface area contributed by atoms with E-state index in [2.05, 4.69) is 6.07 Å². The minimum absolute atomic E-state index is 0.0252. The Kier molecular flexibility index (Phi) is 4.42. The molecule has 2 aromatic carbocycles. The van der Waals surface area contributed by atoms with E-state index in [4.69, 9.17) is 5.73 Å². The van der Waals surface area contributed by atoms with Gasteiger partial charge in [-0.05, 0) is 36.6 Å². The number of aliphatic hydroxyl groups is 1. The summed E-state index contributed by atoms with van der Waals surface area (Å²) < 4.78 is 0. The van der Waals surface area contributed by atoms with Crippen LogP contribution in [0.25, 0.3) is 0 Å². The van der Waals surface area contributed by atoms with Gasteiger partial charge < -0.3 is 15.9 Å². The number of phenolic OH excluding ortho intramolecular Hbond substituents is 1. The average molecular weight is 271 g/mol. The molecule has 106 valence electrons. The molecule has 1 unspecified atom stereocenters. The number of phenols is 1. The lowest BCUT2D eigenvalue weighted by molar-refractivity contribution is 0.196. The van der Waals surface area contributed by atoms with Crippen LogP contribution in [0.1, 0.15) is 16.7 Å². The molecule has 0 spiro atoms. The van der Waals surface area contributed by atoms with Crippen molar-refractivity contribution in [2.45, 2.75) is 18.8 Å². The molecule has 0 amide bonds. The third kappa shape index (κ3) is 3.00. The van der Waals surface area contributed by atoms with Gasteiger partial charge in [0.15, 0.2) is 0 Å². The molecule has 0 aliphatic heterocycles. The number of nitrogens with two attached hydrogens (primary N) is 1. The maximum Gasteiger partial charge on any atom is 0.115 e. The summed E-state index contributed by atoms with van der Waals surface area (Å²) in [6, 6.07) is 15.2. The van der Waals surface area contributed by atoms with Crippen molar-refractivity contribution in [3.63, 3.8) is 0 Å². The van der Waals surface area contributed by atoms with E-state index in [1.54, 1.807) is 18.2 Å². The highest BCUT2D eigenvalue weighted by molar-refractivity contribution is 5.35. The zero-order valence-electron chi connectivity index (χ0n) is 11.7. The molecule has 0 radical (unpaired) electrons. The molecule has 0 saturated heterocycles. The van der Waals surface area contributed by atoms with E-state index >= 15 is 0 Å². The third-order valence-corrected chi connectivity index (χ3v) is 3.78. The Morgan fingerprint density at radius 1 is 1.10 bits per heavy atom. The number of rotatable bonds is 5. The van der Waals surface area contributed by atoms with Gasteiger partial charge in [0.25, 0.3) is 0 Å². The van der Waals surface area contributed by atoms with Gasteiger partial charge in [0.1, 0.15) is 5.75 Å². The largest absolute Gasteiger partial charge is 0.508 e. The van der Waals surface area contributed by atoms with Crippen molar-refractivity contribution < 1.29 is 10.2 Å². The minimum Gasteiger partial charge on any atom is -0.508 e. The summed E-state index contributed by atoms with van der Waals surface area (Å²) in [7, 11) is 0. The molecule has 3 heteroatoms. The highest BCUT2D eigenvalue weighted by Gasteiger charge is 2.30. The van der Waals surface area contributed by atoms with Crippen LogP contribution in [0, 0.1) is 6.92 Å². The molecular formula is C17H21NO2. The fourth-order valence-corrected chi connectivity index (χ4v) is 2.54. The van der Waals surface area contributed by atoms with Crippen molar-refractivity contribution in [2.24, 2.45) is 5.73 Å². The molecule has 4 N–H and O–H groups in total. The second-order valence-electron chi connectivity index (χ2n) is 5.36. The van der Waals surface area contributed by atoms with Crippen molar-refractivity contribution in [3.05, 3.63) is 65.2 Å². The maximum absolute atomic E-state index is 9.91. The highest BCUT2D eigenvalue weighted by atomic mass is 16.3.